The highest BCUT2D eigenvalue weighted by molar-refractivity contribution is 6.31. The number of aromatic nitrogens is 2. The third-order valence-corrected chi connectivity index (χ3v) is 4.12. The lowest BCUT2D eigenvalue weighted by molar-refractivity contribution is -0.119. The number of benzene rings is 2. The van der Waals surface area contributed by atoms with Crippen LogP contribution in [0.1, 0.15) is 16.1 Å². The van der Waals surface area contributed by atoms with Gasteiger partial charge in [-0.2, -0.15) is 5.10 Å². The molecule has 0 fully saturated rings. The molecule has 29 heavy (non-hydrogen) atoms. The molecule has 7 nitrogen and oxygen atoms in total. The predicted octanol–water partition coefficient (Wildman–Crippen LogP) is 3.78. The molecule has 0 bridgehead atoms. The van der Waals surface area contributed by atoms with Gasteiger partial charge in [-0.25, -0.2) is 13.9 Å². The molecule has 150 valence electrons. The van der Waals surface area contributed by atoms with Gasteiger partial charge in [-0.15, -0.1) is 0 Å². The Bertz CT molecular complexity index is 1050. The fourth-order valence-corrected chi connectivity index (χ4v) is 2.77. The van der Waals surface area contributed by atoms with Gasteiger partial charge in [0.2, 0.25) is 0 Å². The Morgan fingerprint density at radius 3 is 2.59 bits per heavy atom. The summed E-state index contributed by atoms with van der Waals surface area (Å²) in [6.45, 7) is 1.23. The maximum absolute atomic E-state index is 13.1. The molecule has 1 amide bonds. The lowest BCUT2D eigenvalue weighted by atomic mass is 10.2. The number of anilines is 1. The van der Waals surface area contributed by atoms with E-state index < -0.39 is 18.5 Å². The Balaban J connectivity index is 1.68. The van der Waals surface area contributed by atoms with E-state index in [0.717, 1.165) is 0 Å². The van der Waals surface area contributed by atoms with E-state index in [1.807, 2.05) is 0 Å². The number of esters is 1. The Kier molecular flexibility index (Phi) is 6.13. The SMILES string of the molecule is COc1ccc(Cl)cc1C(=O)OCC(=O)Nc1cc(C)nn1-c1ccc(F)cc1. The molecule has 0 aliphatic heterocycles. The number of methoxy groups -OCH3 is 1. The monoisotopic (exact) mass is 417 g/mol. The van der Waals surface area contributed by atoms with Crippen LogP contribution in [0.3, 0.4) is 0 Å². The zero-order valence-electron chi connectivity index (χ0n) is 15.6. The Labute approximate surface area is 171 Å². The van der Waals surface area contributed by atoms with E-state index in [0.29, 0.717) is 22.2 Å². The van der Waals surface area contributed by atoms with Gasteiger partial charge in [0, 0.05) is 11.1 Å². The first-order valence-electron chi connectivity index (χ1n) is 8.50. The van der Waals surface area contributed by atoms with Crippen molar-refractivity contribution in [3.63, 3.8) is 0 Å². The van der Waals surface area contributed by atoms with E-state index in [1.165, 1.54) is 48.2 Å². The molecule has 2 aromatic carbocycles. The summed E-state index contributed by atoms with van der Waals surface area (Å²) in [6, 6.07) is 11.8. The molecule has 0 aliphatic rings. The van der Waals surface area contributed by atoms with Crippen LogP contribution in [0, 0.1) is 12.7 Å². The number of carbonyl (C=O) groups is 2. The van der Waals surface area contributed by atoms with Crippen LogP contribution < -0.4 is 10.1 Å². The smallest absolute Gasteiger partial charge is 0.342 e. The number of nitrogens with one attached hydrogen (secondary N) is 1. The molecule has 0 spiro atoms. The molecule has 0 atom stereocenters. The number of hydrogen-bond donors (Lipinski definition) is 1. The van der Waals surface area contributed by atoms with E-state index in [9.17, 15) is 14.0 Å². The number of aryl methyl sites for hydroxylation is 1. The van der Waals surface area contributed by atoms with Crippen LogP contribution >= 0.6 is 11.6 Å². The molecule has 3 rings (SSSR count). The molecule has 3 aromatic rings. The highest BCUT2D eigenvalue weighted by atomic mass is 35.5. The van der Waals surface area contributed by atoms with Crippen molar-refractivity contribution < 1.29 is 23.5 Å². The first kappa shape index (κ1) is 20.3. The van der Waals surface area contributed by atoms with Crippen molar-refractivity contribution in [2.45, 2.75) is 6.92 Å². The normalized spacial score (nSPS) is 10.5. The summed E-state index contributed by atoms with van der Waals surface area (Å²) < 4.78 is 24.8. The minimum absolute atomic E-state index is 0.111. The molecule has 9 heteroatoms. The molecular weight excluding hydrogens is 401 g/mol. The van der Waals surface area contributed by atoms with Gasteiger partial charge in [0.05, 0.1) is 18.5 Å². The average molecular weight is 418 g/mol. The van der Waals surface area contributed by atoms with Gasteiger partial charge in [-0.3, -0.25) is 4.79 Å². The van der Waals surface area contributed by atoms with Crippen LogP contribution in [0.4, 0.5) is 10.2 Å². The van der Waals surface area contributed by atoms with Gasteiger partial charge >= 0.3 is 5.97 Å². The van der Waals surface area contributed by atoms with Crippen LogP contribution in [0.25, 0.3) is 5.69 Å². The van der Waals surface area contributed by atoms with Crippen molar-refractivity contribution in [3.05, 3.63) is 70.6 Å². The summed E-state index contributed by atoms with van der Waals surface area (Å²) in [5.74, 6) is -1.06. The van der Waals surface area contributed by atoms with Crippen molar-refractivity contribution in [1.29, 1.82) is 0 Å². The summed E-state index contributed by atoms with van der Waals surface area (Å²) >= 11 is 5.90. The molecule has 1 N–H and O–H groups in total. The molecule has 0 saturated heterocycles. The second kappa shape index (κ2) is 8.74. The van der Waals surface area contributed by atoms with Crippen LogP contribution in [-0.2, 0) is 9.53 Å². The van der Waals surface area contributed by atoms with Crippen molar-refractivity contribution in [2.75, 3.05) is 19.0 Å². The predicted molar refractivity (Wildman–Crippen MR) is 105 cm³/mol. The van der Waals surface area contributed by atoms with Crippen molar-refractivity contribution in [2.24, 2.45) is 0 Å². The molecule has 1 heterocycles. The maximum Gasteiger partial charge on any atom is 0.342 e. The lowest BCUT2D eigenvalue weighted by Crippen LogP contribution is -2.22. The summed E-state index contributed by atoms with van der Waals surface area (Å²) in [7, 11) is 1.41. The van der Waals surface area contributed by atoms with Crippen LogP contribution in [0.2, 0.25) is 5.02 Å². The van der Waals surface area contributed by atoms with Gasteiger partial charge in [-0.1, -0.05) is 11.6 Å². The first-order chi connectivity index (χ1) is 13.9. The van der Waals surface area contributed by atoms with Crippen LogP contribution in [0.15, 0.2) is 48.5 Å². The molecule has 0 saturated carbocycles. The third-order valence-electron chi connectivity index (χ3n) is 3.89. The fraction of sp³-hybridized carbons (Fsp3) is 0.150. The van der Waals surface area contributed by atoms with Gasteiger partial charge < -0.3 is 14.8 Å². The molecule has 1 aromatic heterocycles. The highest BCUT2D eigenvalue weighted by Gasteiger charge is 2.17. The molecular formula is C20H17ClFN3O4. The van der Waals surface area contributed by atoms with E-state index in [4.69, 9.17) is 21.1 Å². The number of halogens is 2. The summed E-state index contributed by atoms with van der Waals surface area (Å²) in [5.41, 5.74) is 1.32. The second-order valence-corrected chi connectivity index (χ2v) is 6.46. The zero-order valence-corrected chi connectivity index (χ0v) is 16.4. The van der Waals surface area contributed by atoms with E-state index >= 15 is 0 Å². The van der Waals surface area contributed by atoms with E-state index in [1.54, 1.807) is 19.1 Å². The Morgan fingerprint density at radius 1 is 1.17 bits per heavy atom. The lowest BCUT2D eigenvalue weighted by Gasteiger charge is -2.11. The van der Waals surface area contributed by atoms with Crippen molar-refractivity contribution in [3.8, 4) is 11.4 Å². The molecule has 0 aliphatic carbocycles. The Morgan fingerprint density at radius 2 is 1.90 bits per heavy atom. The molecule has 0 radical (unpaired) electrons. The van der Waals surface area contributed by atoms with E-state index in [-0.39, 0.29) is 17.1 Å². The Hall–Kier alpha value is -3.39. The van der Waals surface area contributed by atoms with Gasteiger partial charge in [-0.05, 0) is 49.4 Å². The summed E-state index contributed by atoms with van der Waals surface area (Å²) in [4.78, 5) is 24.5. The van der Waals surface area contributed by atoms with Crippen LogP contribution in [0.5, 0.6) is 5.75 Å². The summed E-state index contributed by atoms with van der Waals surface area (Å²) in [5, 5.41) is 7.24. The second-order valence-electron chi connectivity index (χ2n) is 6.03. The number of amides is 1. The highest BCUT2D eigenvalue weighted by Crippen LogP contribution is 2.23. The van der Waals surface area contributed by atoms with Gasteiger partial charge in [0.1, 0.15) is 22.9 Å². The maximum atomic E-state index is 13.1. The number of carbonyl (C=O) groups excluding carboxylic acids is 2. The standard InChI is InChI=1S/C20H17ClFN3O4/c1-12-9-18(25(24-12)15-6-4-14(22)5-7-15)23-19(26)11-29-20(27)16-10-13(21)3-8-17(16)28-2/h3-10H,11H2,1-2H3,(H,23,26). The quantitative estimate of drug-likeness (QED) is 0.617. The van der Waals surface area contributed by atoms with Gasteiger partial charge in [0.15, 0.2) is 6.61 Å². The van der Waals surface area contributed by atoms with Crippen molar-refractivity contribution in [1.82, 2.24) is 9.78 Å². The first-order valence-corrected chi connectivity index (χ1v) is 8.88. The molecule has 0 unspecified atom stereocenters. The zero-order chi connectivity index (χ0) is 21.0. The topological polar surface area (TPSA) is 82.4 Å². The number of rotatable bonds is 6. The largest absolute Gasteiger partial charge is 0.496 e. The number of nitrogens with zero attached hydrogens (tertiary/aromatic N) is 2. The van der Waals surface area contributed by atoms with Gasteiger partial charge in [0.25, 0.3) is 5.91 Å². The average Bonchev–Trinajstić information content (AvgIpc) is 3.06. The minimum Gasteiger partial charge on any atom is -0.496 e. The number of hydrogen-bond acceptors (Lipinski definition) is 5. The van der Waals surface area contributed by atoms with Crippen LogP contribution in [-0.4, -0.2) is 35.4 Å². The third kappa shape index (κ3) is 4.91. The van der Waals surface area contributed by atoms with E-state index in [2.05, 4.69) is 10.4 Å². The fourth-order valence-electron chi connectivity index (χ4n) is 2.60. The minimum atomic E-state index is -0.747. The van der Waals surface area contributed by atoms with Crippen molar-refractivity contribution >= 4 is 29.3 Å². The number of ether oxygens (including phenoxy) is 2. The summed E-state index contributed by atoms with van der Waals surface area (Å²) in [6.07, 6.45) is 0.